The summed E-state index contributed by atoms with van der Waals surface area (Å²) in [7, 11) is 0. The average molecular weight is 147 g/mol. The molecule has 1 heterocycles. The number of aromatic nitrogens is 2. The van der Waals surface area contributed by atoms with Gasteiger partial charge in [0.1, 0.15) is 0 Å². The first-order valence-corrected chi connectivity index (χ1v) is 3.26. The van der Waals surface area contributed by atoms with E-state index in [0.717, 1.165) is 5.71 Å². The number of hydrogen-bond donors (Lipinski definition) is 1. The number of nitrogens with one attached hydrogen (secondary N) is 1. The summed E-state index contributed by atoms with van der Waals surface area (Å²) in [6, 6.07) is 0. The van der Waals surface area contributed by atoms with Gasteiger partial charge in [-0.3, -0.25) is 5.10 Å². The molecule has 3 nitrogen and oxygen atoms in total. The number of rotatable bonds is 1. The van der Waals surface area contributed by atoms with Gasteiger partial charge in [0.2, 0.25) is 0 Å². The highest BCUT2D eigenvalue weighted by atomic mass is 15.2. The van der Waals surface area contributed by atoms with Crippen LogP contribution < -0.4 is 0 Å². The van der Waals surface area contributed by atoms with Crippen LogP contribution in [-0.2, 0) is 0 Å². The third-order valence-electron chi connectivity index (χ3n) is 1.11. The molecular formula is C8H9N3. The molecule has 0 saturated carbocycles. The Labute approximate surface area is 65.5 Å². The summed E-state index contributed by atoms with van der Waals surface area (Å²) >= 11 is 0. The topological polar surface area (TPSA) is 41.0 Å². The zero-order chi connectivity index (χ0) is 8.27. The minimum Gasteiger partial charge on any atom is -0.260 e. The van der Waals surface area contributed by atoms with Crippen molar-refractivity contribution in [1.82, 2.24) is 10.2 Å². The molecule has 0 fully saturated rings. The van der Waals surface area contributed by atoms with Gasteiger partial charge in [0.25, 0.3) is 0 Å². The number of H-pyrrole nitrogens is 1. The maximum absolute atomic E-state index is 5.19. The number of hydrogen-bond acceptors (Lipinski definition) is 2. The molecule has 0 amide bonds. The van der Waals surface area contributed by atoms with Crippen molar-refractivity contribution in [2.24, 2.45) is 4.99 Å². The quantitative estimate of drug-likeness (QED) is 0.474. The van der Waals surface area contributed by atoms with E-state index in [1.54, 1.807) is 6.20 Å². The van der Waals surface area contributed by atoms with Crippen LogP contribution in [0.4, 0.5) is 5.82 Å². The lowest BCUT2D eigenvalue weighted by Gasteiger charge is -1.88. The van der Waals surface area contributed by atoms with Crippen molar-refractivity contribution in [3.05, 3.63) is 11.8 Å². The highest BCUT2D eigenvalue weighted by molar-refractivity contribution is 5.82. The Kier molecular flexibility index (Phi) is 2.07. The summed E-state index contributed by atoms with van der Waals surface area (Å²) < 4.78 is 0. The average Bonchev–Trinajstić information content (AvgIpc) is 2.34. The molecule has 0 unspecified atom stereocenters. The lowest BCUT2D eigenvalue weighted by atomic mass is 10.3. The van der Waals surface area contributed by atoms with Crippen LogP contribution in [0.3, 0.4) is 0 Å². The van der Waals surface area contributed by atoms with Crippen molar-refractivity contribution in [1.29, 1.82) is 0 Å². The van der Waals surface area contributed by atoms with E-state index in [1.165, 1.54) is 0 Å². The van der Waals surface area contributed by atoms with Crippen molar-refractivity contribution in [2.45, 2.75) is 13.8 Å². The molecule has 0 aliphatic carbocycles. The molecule has 3 heteroatoms. The van der Waals surface area contributed by atoms with Gasteiger partial charge < -0.3 is 0 Å². The van der Waals surface area contributed by atoms with Gasteiger partial charge >= 0.3 is 0 Å². The second kappa shape index (κ2) is 3.02. The molecule has 0 spiro atoms. The second-order valence-electron chi connectivity index (χ2n) is 2.34. The lowest BCUT2D eigenvalue weighted by molar-refractivity contribution is 1.08. The predicted molar refractivity (Wildman–Crippen MR) is 45.0 cm³/mol. The van der Waals surface area contributed by atoms with Gasteiger partial charge in [-0.2, -0.15) is 5.10 Å². The Morgan fingerprint density at radius 3 is 3.00 bits per heavy atom. The van der Waals surface area contributed by atoms with Gasteiger partial charge in [-0.05, 0) is 13.8 Å². The van der Waals surface area contributed by atoms with Crippen molar-refractivity contribution in [2.75, 3.05) is 0 Å². The molecule has 1 aromatic rings. The minimum atomic E-state index is 0.660. The SMILES string of the molecule is C#Cc1cn[nH]c1N=C(C)C. The zero-order valence-electron chi connectivity index (χ0n) is 6.55. The van der Waals surface area contributed by atoms with Crippen LogP contribution in [0, 0.1) is 12.3 Å². The third kappa shape index (κ3) is 1.68. The zero-order valence-corrected chi connectivity index (χ0v) is 6.55. The van der Waals surface area contributed by atoms with Gasteiger partial charge in [0.15, 0.2) is 5.82 Å². The Morgan fingerprint density at radius 1 is 1.73 bits per heavy atom. The van der Waals surface area contributed by atoms with Crippen molar-refractivity contribution in [3.63, 3.8) is 0 Å². The Balaban J connectivity index is 3.06. The monoisotopic (exact) mass is 147 g/mol. The molecule has 0 saturated heterocycles. The highest BCUT2D eigenvalue weighted by Gasteiger charge is 1.98. The van der Waals surface area contributed by atoms with E-state index in [4.69, 9.17) is 6.42 Å². The number of terminal acetylenes is 1. The lowest BCUT2D eigenvalue weighted by Crippen LogP contribution is -1.79. The predicted octanol–water partition coefficient (Wildman–Crippen LogP) is 1.50. The van der Waals surface area contributed by atoms with Gasteiger partial charge in [0.05, 0.1) is 11.8 Å². The molecule has 56 valence electrons. The first kappa shape index (κ1) is 7.55. The van der Waals surface area contributed by atoms with Crippen molar-refractivity contribution >= 4 is 11.5 Å². The number of nitrogens with zero attached hydrogens (tertiary/aromatic N) is 2. The Bertz CT molecular complexity index is 310. The summed E-state index contributed by atoms with van der Waals surface area (Å²) in [5.41, 5.74) is 1.65. The second-order valence-corrected chi connectivity index (χ2v) is 2.34. The van der Waals surface area contributed by atoms with Gasteiger partial charge in [-0.1, -0.05) is 5.92 Å². The molecule has 0 aliphatic heterocycles. The van der Waals surface area contributed by atoms with Gasteiger partial charge in [-0.25, -0.2) is 4.99 Å². The Hall–Kier alpha value is -1.56. The first-order chi connectivity index (χ1) is 5.24. The van der Waals surface area contributed by atoms with Crippen LogP contribution in [0.5, 0.6) is 0 Å². The third-order valence-corrected chi connectivity index (χ3v) is 1.11. The van der Waals surface area contributed by atoms with Crippen LogP contribution in [0.15, 0.2) is 11.2 Å². The standard InChI is InChI=1S/C8H9N3/c1-4-7-5-9-11-8(7)10-6(2)3/h1,5H,2-3H3,(H,9,11). The molecule has 0 aliphatic rings. The minimum absolute atomic E-state index is 0.660. The van der Waals surface area contributed by atoms with E-state index >= 15 is 0 Å². The molecular weight excluding hydrogens is 138 g/mol. The van der Waals surface area contributed by atoms with E-state index in [2.05, 4.69) is 21.1 Å². The molecule has 1 N–H and O–H groups in total. The summed E-state index contributed by atoms with van der Waals surface area (Å²) in [6.45, 7) is 3.81. The molecule has 1 rings (SSSR count). The molecule has 0 aromatic carbocycles. The fourth-order valence-electron chi connectivity index (χ4n) is 0.694. The highest BCUT2D eigenvalue weighted by Crippen LogP contribution is 2.12. The number of aliphatic imine (C=N–C) groups is 1. The van der Waals surface area contributed by atoms with Crippen LogP contribution >= 0.6 is 0 Å². The van der Waals surface area contributed by atoms with Gasteiger partial charge in [0, 0.05) is 5.71 Å². The van der Waals surface area contributed by atoms with Crippen LogP contribution in [-0.4, -0.2) is 15.9 Å². The maximum atomic E-state index is 5.19. The van der Waals surface area contributed by atoms with Crippen LogP contribution in [0.2, 0.25) is 0 Å². The van der Waals surface area contributed by atoms with Crippen LogP contribution in [0.1, 0.15) is 19.4 Å². The van der Waals surface area contributed by atoms with E-state index in [0.29, 0.717) is 11.4 Å². The van der Waals surface area contributed by atoms with E-state index in [1.807, 2.05) is 13.8 Å². The van der Waals surface area contributed by atoms with E-state index < -0.39 is 0 Å². The summed E-state index contributed by atoms with van der Waals surface area (Å²) in [6.07, 6.45) is 6.78. The normalized spacial score (nSPS) is 8.82. The smallest absolute Gasteiger partial charge is 0.163 e. The van der Waals surface area contributed by atoms with E-state index in [9.17, 15) is 0 Å². The fourth-order valence-corrected chi connectivity index (χ4v) is 0.694. The first-order valence-electron chi connectivity index (χ1n) is 3.26. The van der Waals surface area contributed by atoms with Crippen molar-refractivity contribution < 1.29 is 0 Å². The summed E-state index contributed by atoms with van der Waals surface area (Å²) in [5.74, 6) is 3.14. The molecule has 0 atom stereocenters. The fraction of sp³-hybridized carbons (Fsp3) is 0.250. The number of aromatic amines is 1. The maximum Gasteiger partial charge on any atom is 0.163 e. The van der Waals surface area contributed by atoms with Crippen LogP contribution in [0.25, 0.3) is 0 Å². The van der Waals surface area contributed by atoms with E-state index in [-0.39, 0.29) is 0 Å². The van der Waals surface area contributed by atoms with Gasteiger partial charge in [-0.15, -0.1) is 6.42 Å². The molecule has 0 bridgehead atoms. The van der Waals surface area contributed by atoms with Crippen molar-refractivity contribution in [3.8, 4) is 12.3 Å². The summed E-state index contributed by atoms with van der Waals surface area (Å²) in [5, 5.41) is 6.48. The summed E-state index contributed by atoms with van der Waals surface area (Å²) in [4.78, 5) is 4.15. The molecule has 0 radical (unpaired) electrons. The molecule has 11 heavy (non-hydrogen) atoms. The molecule has 1 aromatic heterocycles. The largest absolute Gasteiger partial charge is 0.260 e. The Morgan fingerprint density at radius 2 is 2.45 bits per heavy atom.